The molecule has 0 bridgehead atoms. The summed E-state index contributed by atoms with van der Waals surface area (Å²) in [6, 6.07) is 90.1. The molecule has 12 rings (SSSR count). The summed E-state index contributed by atoms with van der Waals surface area (Å²) in [4.78, 5) is 10.2. The highest BCUT2D eigenvalue weighted by Gasteiger charge is 2.21. The third-order valence-electron chi connectivity index (χ3n) is 12.8. The van der Waals surface area contributed by atoms with E-state index < -0.39 is 0 Å². The molecule has 0 radical (unpaired) electrons. The van der Waals surface area contributed by atoms with E-state index in [1.54, 1.807) is 0 Å². The molecule has 0 aliphatic rings. The SMILES string of the molecule is c1ccc(-c2ccc(-c3cc(-c4ccc(-c5ccc(-c6cc(-c7ccccc7)cc(-c7cccc8c7oc7ccccc78)c6-c6ccccc6)cc5)cc4)nc(-c4ccccc4)n3)cc2)cc1. The van der Waals surface area contributed by atoms with Crippen LogP contribution in [-0.4, -0.2) is 9.97 Å². The lowest BCUT2D eigenvalue weighted by atomic mass is 9.84. The van der Waals surface area contributed by atoms with Gasteiger partial charge in [-0.05, 0) is 85.5 Å². The van der Waals surface area contributed by atoms with E-state index in [1.807, 2.05) is 30.3 Å². The minimum atomic E-state index is 0.698. The van der Waals surface area contributed by atoms with Gasteiger partial charge in [0.05, 0.1) is 11.4 Å². The molecule has 3 nitrogen and oxygen atoms in total. The first-order chi connectivity index (χ1) is 33.2. The van der Waals surface area contributed by atoms with E-state index >= 15 is 0 Å². The van der Waals surface area contributed by atoms with E-state index in [-0.39, 0.29) is 0 Å². The molecule has 0 aliphatic heterocycles. The third kappa shape index (κ3) is 7.69. The maximum absolute atomic E-state index is 6.68. The Bertz CT molecular complexity index is 3680. The van der Waals surface area contributed by atoms with Gasteiger partial charge in [-0.15, -0.1) is 0 Å². The predicted octanol–water partition coefficient (Wildman–Crippen LogP) is 17.4. The summed E-state index contributed by atoms with van der Waals surface area (Å²) in [6.07, 6.45) is 0. The summed E-state index contributed by atoms with van der Waals surface area (Å²) in [5, 5.41) is 2.23. The quantitative estimate of drug-likeness (QED) is 0.145. The zero-order valence-corrected chi connectivity index (χ0v) is 36.6. The van der Waals surface area contributed by atoms with Gasteiger partial charge in [0, 0.05) is 33.0 Å². The van der Waals surface area contributed by atoms with Crippen LogP contribution in [0.1, 0.15) is 0 Å². The van der Waals surface area contributed by atoms with Gasteiger partial charge in [0.25, 0.3) is 0 Å². The molecule has 0 spiro atoms. The van der Waals surface area contributed by atoms with Gasteiger partial charge in [0.2, 0.25) is 0 Å². The zero-order valence-electron chi connectivity index (χ0n) is 36.6. The second-order valence-corrected chi connectivity index (χ2v) is 16.9. The Morgan fingerprint density at radius 2 is 0.672 bits per heavy atom. The fourth-order valence-electron chi connectivity index (χ4n) is 9.35. The number of furan rings is 1. The molecule has 2 aromatic heterocycles. The first kappa shape index (κ1) is 39.7. The maximum Gasteiger partial charge on any atom is 0.160 e. The molecule has 2 heterocycles. The van der Waals surface area contributed by atoms with Crippen LogP contribution in [-0.2, 0) is 0 Å². The number of hydrogen-bond acceptors (Lipinski definition) is 3. The Hall–Kier alpha value is -8.92. The van der Waals surface area contributed by atoms with Gasteiger partial charge in [-0.1, -0.05) is 231 Å². The topological polar surface area (TPSA) is 38.9 Å². The van der Waals surface area contributed by atoms with Crippen molar-refractivity contribution in [3.8, 4) is 101 Å². The summed E-state index contributed by atoms with van der Waals surface area (Å²) < 4.78 is 6.68. The van der Waals surface area contributed by atoms with Crippen molar-refractivity contribution in [3.63, 3.8) is 0 Å². The highest BCUT2D eigenvalue weighted by Crippen LogP contribution is 2.46. The predicted molar refractivity (Wildman–Crippen MR) is 278 cm³/mol. The van der Waals surface area contributed by atoms with Crippen molar-refractivity contribution in [3.05, 3.63) is 255 Å². The third-order valence-corrected chi connectivity index (χ3v) is 12.8. The molecular formula is C64H42N2O. The van der Waals surface area contributed by atoms with E-state index in [0.717, 1.165) is 106 Å². The number of nitrogens with zero attached hydrogens (tertiary/aromatic N) is 2. The molecule has 67 heavy (non-hydrogen) atoms. The number of aromatic nitrogens is 2. The monoisotopic (exact) mass is 854 g/mol. The second-order valence-electron chi connectivity index (χ2n) is 16.9. The molecular weight excluding hydrogens is 813 g/mol. The Balaban J connectivity index is 0.932. The highest BCUT2D eigenvalue weighted by molar-refractivity contribution is 6.12. The minimum Gasteiger partial charge on any atom is -0.455 e. The molecule has 0 amide bonds. The smallest absolute Gasteiger partial charge is 0.160 e. The lowest BCUT2D eigenvalue weighted by Crippen LogP contribution is -1.96. The summed E-state index contributed by atoms with van der Waals surface area (Å²) in [5.74, 6) is 0.698. The molecule has 10 aromatic carbocycles. The van der Waals surface area contributed by atoms with Crippen molar-refractivity contribution >= 4 is 21.9 Å². The Morgan fingerprint density at radius 1 is 0.254 bits per heavy atom. The van der Waals surface area contributed by atoms with Crippen molar-refractivity contribution in [2.24, 2.45) is 0 Å². The molecule has 0 saturated carbocycles. The van der Waals surface area contributed by atoms with Crippen LogP contribution in [0.4, 0.5) is 0 Å². The van der Waals surface area contributed by atoms with Gasteiger partial charge in [-0.3, -0.25) is 0 Å². The van der Waals surface area contributed by atoms with Crippen LogP contribution in [0.2, 0.25) is 0 Å². The second kappa shape index (κ2) is 17.2. The van der Waals surface area contributed by atoms with Crippen LogP contribution in [0.3, 0.4) is 0 Å². The molecule has 0 atom stereocenters. The van der Waals surface area contributed by atoms with Crippen LogP contribution in [0, 0.1) is 0 Å². The molecule has 0 unspecified atom stereocenters. The van der Waals surface area contributed by atoms with Gasteiger partial charge in [0.15, 0.2) is 5.82 Å². The normalized spacial score (nSPS) is 11.3. The largest absolute Gasteiger partial charge is 0.455 e. The average molecular weight is 855 g/mol. The van der Waals surface area contributed by atoms with Crippen molar-refractivity contribution in [1.29, 1.82) is 0 Å². The fraction of sp³-hybridized carbons (Fsp3) is 0. The fourth-order valence-corrected chi connectivity index (χ4v) is 9.35. The van der Waals surface area contributed by atoms with E-state index in [4.69, 9.17) is 14.4 Å². The molecule has 12 aromatic rings. The van der Waals surface area contributed by atoms with Crippen molar-refractivity contribution in [1.82, 2.24) is 9.97 Å². The van der Waals surface area contributed by atoms with Crippen LogP contribution in [0.5, 0.6) is 0 Å². The minimum absolute atomic E-state index is 0.698. The summed E-state index contributed by atoms with van der Waals surface area (Å²) in [5.41, 5.74) is 20.3. The lowest BCUT2D eigenvalue weighted by Gasteiger charge is -2.19. The van der Waals surface area contributed by atoms with Crippen LogP contribution in [0.15, 0.2) is 259 Å². The van der Waals surface area contributed by atoms with Crippen LogP contribution in [0.25, 0.3) is 123 Å². The van der Waals surface area contributed by atoms with Gasteiger partial charge in [0.1, 0.15) is 11.2 Å². The number of hydrogen-bond donors (Lipinski definition) is 0. The van der Waals surface area contributed by atoms with Crippen molar-refractivity contribution in [2.75, 3.05) is 0 Å². The molecule has 0 aliphatic carbocycles. The number of para-hydroxylation sites is 2. The summed E-state index contributed by atoms with van der Waals surface area (Å²) in [7, 11) is 0. The van der Waals surface area contributed by atoms with Gasteiger partial charge < -0.3 is 4.42 Å². The van der Waals surface area contributed by atoms with Crippen LogP contribution >= 0.6 is 0 Å². The summed E-state index contributed by atoms with van der Waals surface area (Å²) >= 11 is 0. The van der Waals surface area contributed by atoms with Gasteiger partial charge in [-0.2, -0.15) is 0 Å². The molecule has 314 valence electrons. The number of fused-ring (bicyclic) bond motifs is 3. The Kier molecular flexibility index (Phi) is 10.2. The lowest BCUT2D eigenvalue weighted by molar-refractivity contribution is 0.670. The zero-order chi connectivity index (χ0) is 44.5. The van der Waals surface area contributed by atoms with Gasteiger partial charge in [-0.25, -0.2) is 9.97 Å². The van der Waals surface area contributed by atoms with E-state index in [2.05, 4.69) is 224 Å². The standard InChI is InChI=1S/C64H42N2O/c1-5-16-43(17-6-1)45-30-36-49(37-31-45)59-42-60(66-64(65-59)52-22-11-4-12-23-52)50-38-32-47(33-39-50)46-28-34-48(35-29-46)57-40-53(44-18-7-2-8-19-44)41-58(62(57)51-20-9-3-10-21-51)56-26-15-25-55-54-24-13-14-27-61(54)67-63(55)56/h1-42H. The average Bonchev–Trinajstić information content (AvgIpc) is 3.81. The number of benzene rings is 10. The molecule has 0 N–H and O–H groups in total. The van der Waals surface area contributed by atoms with Crippen LogP contribution < -0.4 is 0 Å². The number of rotatable bonds is 9. The van der Waals surface area contributed by atoms with E-state index in [1.165, 1.54) is 11.1 Å². The van der Waals surface area contributed by atoms with Crippen molar-refractivity contribution < 1.29 is 4.42 Å². The molecule has 0 saturated heterocycles. The van der Waals surface area contributed by atoms with Gasteiger partial charge >= 0.3 is 0 Å². The van der Waals surface area contributed by atoms with E-state index in [9.17, 15) is 0 Å². The molecule has 3 heteroatoms. The first-order valence-electron chi connectivity index (χ1n) is 22.7. The van der Waals surface area contributed by atoms with Crippen molar-refractivity contribution in [2.45, 2.75) is 0 Å². The highest BCUT2D eigenvalue weighted by atomic mass is 16.3. The maximum atomic E-state index is 6.68. The Morgan fingerprint density at radius 3 is 1.24 bits per heavy atom. The molecule has 0 fully saturated rings. The first-order valence-corrected chi connectivity index (χ1v) is 22.7. The van der Waals surface area contributed by atoms with E-state index in [0.29, 0.717) is 5.82 Å². The summed E-state index contributed by atoms with van der Waals surface area (Å²) in [6.45, 7) is 0. The Labute approximate surface area is 390 Å².